The molecule has 4 heteroatoms. The molecular weight excluding hydrogens is 240 g/mol. The van der Waals surface area contributed by atoms with Gasteiger partial charge in [-0.05, 0) is 36.8 Å². The van der Waals surface area contributed by atoms with Crippen molar-refractivity contribution in [3.8, 4) is 11.8 Å². The molecule has 0 bridgehead atoms. The van der Waals surface area contributed by atoms with Crippen LogP contribution in [0, 0.1) is 11.3 Å². The predicted molar refractivity (Wildman–Crippen MR) is 71.5 cm³/mol. The van der Waals surface area contributed by atoms with Crippen LogP contribution < -0.4 is 10.1 Å². The third-order valence-electron chi connectivity index (χ3n) is 2.81. The summed E-state index contributed by atoms with van der Waals surface area (Å²) in [4.78, 5) is 0. The van der Waals surface area contributed by atoms with E-state index in [2.05, 4.69) is 12.2 Å². The molecule has 0 radical (unpaired) electrons. The molecule has 0 spiro atoms. The first-order valence-corrected chi connectivity index (χ1v) is 6.15. The number of nitriles is 1. The summed E-state index contributed by atoms with van der Waals surface area (Å²) in [6.45, 7) is 2.89. The van der Waals surface area contributed by atoms with Crippen molar-refractivity contribution in [2.75, 3.05) is 6.61 Å². The Hall–Kier alpha value is -2.25. The van der Waals surface area contributed by atoms with Gasteiger partial charge < -0.3 is 14.5 Å². The standard InChI is InChI=1S/C15H16N2O2/c1-12(15-3-2-9-19-15)17-11-13-4-6-14(7-5-13)18-10-8-16/h2-7,9,12,17H,10-11H2,1H3. The summed E-state index contributed by atoms with van der Waals surface area (Å²) in [5.74, 6) is 1.64. The van der Waals surface area contributed by atoms with Gasteiger partial charge in [0.25, 0.3) is 0 Å². The van der Waals surface area contributed by atoms with Crippen LogP contribution in [0.1, 0.15) is 24.3 Å². The van der Waals surface area contributed by atoms with E-state index >= 15 is 0 Å². The number of ether oxygens (including phenoxy) is 1. The van der Waals surface area contributed by atoms with Crippen molar-refractivity contribution in [2.45, 2.75) is 19.5 Å². The van der Waals surface area contributed by atoms with E-state index in [-0.39, 0.29) is 12.6 Å². The van der Waals surface area contributed by atoms with Gasteiger partial charge in [0, 0.05) is 6.54 Å². The van der Waals surface area contributed by atoms with E-state index in [4.69, 9.17) is 14.4 Å². The first kappa shape index (κ1) is 13.2. The van der Waals surface area contributed by atoms with Gasteiger partial charge in [-0.25, -0.2) is 0 Å². The molecule has 1 unspecified atom stereocenters. The molecule has 1 atom stereocenters. The largest absolute Gasteiger partial charge is 0.479 e. The minimum atomic E-state index is 0.0765. The van der Waals surface area contributed by atoms with Crippen LogP contribution in [-0.4, -0.2) is 6.61 Å². The molecule has 1 aromatic heterocycles. The minimum absolute atomic E-state index is 0.0765. The van der Waals surface area contributed by atoms with Crippen LogP contribution >= 0.6 is 0 Å². The van der Waals surface area contributed by atoms with Gasteiger partial charge in [-0.3, -0.25) is 0 Å². The Morgan fingerprint density at radius 2 is 2.11 bits per heavy atom. The Balaban J connectivity index is 1.85. The maximum atomic E-state index is 8.42. The van der Waals surface area contributed by atoms with Crippen LogP contribution in [-0.2, 0) is 6.54 Å². The molecule has 0 aliphatic rings. The molecular formula is C15H16N2O2. The van der Waals surface area contributed by atoms with Crippen LogP contribution in [0.5, 0.6) is 5.75 Å². The highest BCUT2D eigenvalue weighted by Crippen LogP contribution is 2.15. The second-order valence-corrected chi connectivity index (χ2v) is 4.21. The highest BCUT2D eigenvalue weighted by atomic mass is 16.5. The smallest absolute Gasteiger partial charge is 0.174 e. The SMILES string of the molecule is CC(NCc1ccc(OCC#N)cc1)c1ccco1. The Labute approximate surface area is 112 Å². The molecule has 0 saturated heterocycles. The Morgan fingerprint density at radius 1 is 1.32 bits per heavy atom. The number of hydrogen-bond acceptors (Lipinski definition) is 4. The molecule has 0 aliphatic carbocycles. The van der Waals surface area contributed by atoms with Crippen molar-refractivity contribution in [2.24, 2.45) is 0 Å². The molecule has 0 amide bonds. The Kier molecular flexibility index (Phi) is 4.60. The lowest BCUT2D eigenvalue weighted by molar-refractivity contribution is 0.368. The highest BCUT2D eigenvalue weighted by Gasteiger charge is 2.06. The van der Waals surface area contributed by atoms with Crippen molar-refractivity contribution in [1.82, 2.24) is 5.32 Å². The average Bonchev–Trinajstić information content (AvgIpc) is 2.98. The summed E-state index contributed by atoms with van der Waals surface area (Å²) in [6.07, 6.45) is 1.68. The average molecular weight is 256 g/mol. The van der Waals surface area contributed by atoms with Gasteiger partial charge in [0.15, 0.2) is 6.61 Å². The van der Waals surface area contributed by atoms with Crippen molar-refractivity contribution < 1.29 is 9.15 Å². The molecule has 0 fully saturated rings. The zero-order valence-corrected chi connectivity index (χ0v) is 10.8. The lowest BCUT2D eigenvalue weighted by atomic mass is 10.2. The minimum Gasteiger partial charge on any atom is -0.479 e. The summed E-state index contributed by atoms with van der Waals surface area (Å²) in [7, 11) is 0. The predicted octanol–water partition coefficient (Wildman–Crippen LogP) is 3.03. The summed E-state index contributed by atoms with van der Waals surface area (Å²) in [5.41, 5.74) is 1.16. The molecule has 19 heavy (non-hydrogen) atoms. The van der Waals surface area contributed by atoms with Crippen LogP contribution in [0.2, 0.25) is 0 Å². The fraction of sp³-hybridized carbons (Fsp3) is 0.267. The molecule has 2 aromatic rings. The van der Waals surface area contributed by atoms with E-state index in [1.54, 1.807) is 6.26 Å². The van der Waals surface area contributed by atoms with Crippen LogP contribution in [0.25, 0.3) is 0 Å². The molecule has 98 valence electrons. The first-order chi connectivity index (χ1) is 9.29. The maximum Gasteiger partial charge on any atom is 0.174 e. The van der Waals surface area contributed by atoms with Gasteiger partial charge in [-0.1, -0.05) is 12.1 Å². The van der Waals surface area contributed by atoms with E-state index in [1.165, 1.54) is 0 Å². The summed E-state index contributed by atoms with van der Waals surface area (Å²) in [6, 6.07) is 13.6. The van der Waals surface area contributed by atoms with Gasteiger partial charge >= 0.3 is 0 Å². The van der Waals surface area contributed by atoms with Crippen LogP contribution in [0.3, 0.4) is 0 Å². The number of furan rings is 1. The fourth-order valence-corrected chi connectivity index (χ4v) is 1.73. The Morgan fingerprint density at radius 3 is 2.74 bits per heavy atom. The normalized spacial score (nSPS) is 11.8. The molecule has 1 heterocycles. The topological polar surface area (TPSA) is 58.2 Å². The first-order valence-electron chi connectivity index (χ1n) is 6.15. The van der Waals surface area contributed by atoms with Crippen LogP contribution in [0.15, 0.2) is 47.1 Å². The monoisotopic (exact) mass is 256 g/mol. The number of nitrogens with one attached hydrogen (secondary N) is 1. The van der Waals surface area contributed by atoms with Gasteiger partial charge in [0.2, 0.25) is 0 Å². The van der Waals surface area contributed by atoms with Crippen molar-refractivity contribution in [1.29, 1.82) is 5.26 Å². The molecule has 0 aliphatic heterocycles. The molecule has 2 rings (SSSR count). The van der Waals surface area contributed by atoms with E-state index < -0.39 is 0 Å². The van der Waals surface area contributed by atoms with Crippen LogP contribution in [0.4, 0.5) is 0 Å². The van der Waals surface area contributed by atoms with E-state index in [9.17, 15) is 0 Å². The number of rotatable bonds is 6. The van der Waals surface area contributed by atoms with Gasteiger partial charge in [0.05, 0.1) is 12.3 Å². The zero-order chi connectivity index (χ0) is 13.5. The molecule has 4 nitrogen and oxygen atoms in total. The number of benzene rings is 1. The van der Waals surface area contributed by atoms with E-state index in [0.717, 1.165) is 17.9 Å². The molecule has 1 aromatic carbocycles. The number of nitrogens with zero attached hydrogens (tertiary/aromatic N) is 1. The fourth-order valence-electron chi connectivity index (χ4n) is 1.73. The third-order valence-corrected chi connectivity index (χ3v) is 2.81. The summed E-state index contributed by atoms with van der Waals surface area (Å²) < 4.78 is 10.5. The van der Waals surface area contributed by atoms with Gasteiger partial charge in [-0.2, -0.15) is 5.26 Å². The number of hydrogen-bond donors (Lipinski definition) is 1. The highest BCUT2D eigenvalue weighted by molar-refractivity contribution is 5.27. The summed E-state index contributed by atoms with van der Waals surface area (Å²) >= 11 is 0. The maximum absolute atomic E-state index is 8.42. The van der Waals surface area contributed by atoms with E-state index in [0.29, 0.717) is 5.75 Å². The van der Waals surface area contributed by atoms with Crippen molar-refractivity contribution in [3.05, 3.63) is 54.0 Å². The van der Waals surface area contributed by atoms with Crippen molar-refractivity contribution in [3.63, 3.8) is 0 Å². The lowest BCUT2D eigenvalue weighted by Gasteiger charge is -2.11. The second-order valence-electron chi connectivity index (χ2n) is 4.21. The zero-order valence-electron chi connectivity index (χ0n) is 10.8. The summed E-state index contributed by atoms with van der Waals surface area (Å²) in [5, 5.41) is 11.8. The van der Waals surface area contributed by atoms with Gasteiger partial charge in [0.1, 0.15) is 17.6 Å². The third kappa shape index (κ3) is 3.87. The Bertz CT molecular complexity index is 526. The quantitative estimate of drug-likeness (QED) is 0.863. The molecule has 1 N–H and O–H groups in total. The second kappa shape index (κ2) is 6.62. The van der Waals surface area contributed by atoms with E-state index in [1.807, 2.05) is 42.5 Å². The lowest BCUT2D eigenvalue weighted by Crippen LogP contribution is -2.17. The molecule has 0 saturated carbocycles. The van der Waals surface area contributed by atoms with Gasteiger partial charge in [-0.15, -0.1) is 0 Å². The van der Waals surface area contributed by atoms with Crippen molar-refractivity contribution >= 4 is 0 Å².